The van der Waals surface area contributed by atoms with Gasteiger partial charge in [-0.2, -0.15) is 0 Å². The molecule has 2 unspecified atom stereocenters. The summed E-state index contributed by atoms with van der Waals surface area (Å²) < 4.78 is 6.14. The molecule has 2 aromatic heterocycles. The first-order valence-electron chi connectivity index (χ1n) is 9.14. The number of allylic oxidation sites excluding steroid dienone is 3. The molecule has 0 N–H and O–H groups in total. The Kier molecular flexibility index (Phi) is 4.23. The molecule has 1 saturated carbocycles. The van der Waals surface area contributed by atoms with Gasteiger partial charge in [0.25, 0.3) is 0 Å². The van der Waals surface area contributed by atoms with E-state index in [2.05, 4.69) is 19.7 Å². The van der Waals surface area contributed by atoms with Crippen molar-refractivity contribution in [2.45, 2.75) is 31.1 Å². The molecule has 0 saturated heterocycles. The van der Waals surface area contributed by atoms with Crippen LogP contribution in [0.1, 0.15) is 41.8 Å². The van der Waals surface area contributed by atoms with Crippen molar-refractivity contribution >= 4 is 22.9 Å². The molecule has 4 nitrogen and oxygen atoms in total. The Balaban J connectivity index is 2.11. The van der Waals surface area contributed by atoms with E-state index >= 15 is 0 Å². The highest BCUT2D eigenvalue weighted by molar-refractivity contribution is 7.13. The van der Waals surface area contributed by atoms with E-state index in [0.29, 0.717) is 24.2 Å². The van der Waals surface area contributed by atoms with Crippen molar-refractivity contribution in [2.24, 2.45) is 5.41 Å². The lowest BCUT2D eigenvalue weighted by atomic mass is 9.50. The van der Waals surface area contributed by atoms with E-state index in [0.717, 1.165) is 4.88 Å². The third kappa shape index (κ3) is 2.20. The SMILES string of the molecule is C=CCC12CCC(=C)C(CC=C)(C1=O)c1oc(-c3cccs3)cc(=O)c1C2=O. The second-order valence-corrected chi connectivity index (χ2v) is 8.34. The van der Waals surface area contributed by atoms with E-state index in [1.807, 2.05) is 17.5 Å². The lowest BCUT2D eigenvalue weighted by Gasteiger charge is -2.49. The van der Waals surface area contributed by atoms with Gasteiger partial charge in [-0.05, 0) is 37.1 Å². The van der Waals surface area contributed by atoms with E-state index in [9.17, 15) is 14.4 Å². The van der Waals surface area contributed by atoms with Gasteiger partial charge in [-0.3, -0.25) is 14.4 Å². The maximum atomic E-state index is 13.8. The number of fused-ring (bicyclic) bond motifs is 4. The third-order valence-electron chi connectivity index (χ3n) is 5.98. The number of hydrogen-bond donors (Lipinski definition) is 0. The van der Waals surface area contributed by atoms with Gasteiger partial charge < -0.3 is 4.42 Å². The average Bonchev–Trinajstić information content (AvgIpc) is 3.20. The zero-order valence-electron chi connectivity index (χ0n) is 15.5. The van der Waals surface area contributed by atoms with Gasteiger partial charge in [0, 0.05) is 6.07 Å². The largest absolute Gasteiger partial charge is 0.458 e. The van der Waals surface area contributed by atoms with E-state index in [4.69, 9.17) is 4.42 Å². The minimum Gasteiger partial charge on any atom is -0.458 e. The van der Waals surface area contributed by atoms with Gasteiger partial charge in [-0.25, -0.2) is 0 Å². The maximum absolute atomic E-state index is 13.8. The van der Waals surface area contributed by atoms with Crippen LogP contribution in [0, 0.1) is 5.41 Å². The Labute approximate surface area is 166 Å². The van der Waals surface area contributed by atoms with E-state index in [1.165, 1.54) is 17.4 Å². The standard InChI is InChI=1S/C23H20O4S/c1-4-9-22-11-8-14(3)23(10-5-2,21(22)26)20-18(19(22)25)15(24)13-16(27-20)17-7-6-12-28-17/h4-7,12-13H,1-3,8-11H2. The van der Waals surface area contributed by atoms with Crippen molar-refractivity contribution in [3.63, 3.8) is 0 Å². The molecule has 0 aliphatic heterocycles. The molecule has 2 atom stereocenters. The summed E-state index contributed by atoms with van der Waals surface area (Å²) in [7, 11) is 0. The zero-order chi connectivity index (χ0) is 20.1. The molecule has 142 valence electrons. The highest BCUT2D eigenvalue weighted by Gasteiger charge is 2.65. The molecule has 2 aromatic rings. The van der Waals surface area contributed by atoms with Gasteiger partial charge in [0.05, 0.1) is 10.3 Å². The molecular formula is C23H20O4S. The predicted octanol–water partition coefficient (Wildman–Crippen LogP) is 4.86. The summed E-state index contributed by atoms with van der Waals surface area (Å²) in [6, 6.07) is 5.03. The van der Waals surface area contributed by atoms with Crippen LogP contribution < -0.4 is 5.43 Å². The van der Waals surface area contributed by atoms with Gasteiger partial charge in [-0.15, -0.1) is 24.5 Å². The van der Waals surface area contributed by atoms with Crippen LogP contribution in [0.5, 0.6) is 0 Å². The lowest BCUT2D eigenvalue weighted by molar-refractivity contribution is -0.134. The Morgan fingerprint density at radius 3 is 2.57 bits per heavy atom. The van der Waals surface area contributed by atoms with Gasteiger partial charge in [0.2, 0.25) is 0 Å². The average molecular weight is 392 g/mol. The van der Waals surface area contributed by atoms with Crippen LogP contribution in [0.25, 0.3) is 10.6 Å². The first kappa shape index (κ1) is 18.6. The minimum absolute atomic E-state index is 0.0237. The number of carbonyl (C=O) groups excluding carboxylic acids is 2. The second-order valence-electron chi connectivity index (χ2n) is 7.39. The van der Waals surface area contributed by atoms with Crippen LogP contribution in [0.15, 0.2) is 70.3 Å². The lowest BCUT2D eigenvalue weighted by Crippen LogP contribution is -2.60. The maximum Gasteiger partial charge on any atom is 0.196 e. The van der Waals surface area contributed by atoms with Crippen LogP contribution in [-0.2, 0) is 10.2 Å². The molecule has 0 spiro atoms. The summed E-state index contributed by atoms with van der Waals surface area (Å²) in [4.78, 5) is 41.0. The molecule has 2 bridgehead atoms. The van der Waals surface area contributed by atoms with E-state index in [-0.39, 0.29) is 29.9 Å². The fraction of sp³-hybridized carbons (Fsp3) is 0.261. The normalized spacial score (nSPS) is 26.1. The van der Waals surface area contributed by atoms with Crippen LogP contribution >= 0.6 is 11.3 Å². The molecule has 5 heteroatoms. The van der Waals surface area contributed by atoms with Crippen molar-refractivity contribution in [2.75, 3.05) is 0 Å². The van der Waals surface area contributed by atoms with Crippen LogP contribution in [-0.4, -0.2) is 11.6 Å². The van der Waals surface area contributed by atoms with Crippen molar-refractivity contribution in [3.8, 4) is 10.6 Å². The Bertz CT molecular complexity index is 1090. The van der Waals surface area contributed by atoms with Crippen molar-refractivity contribution in [3.05, 3.63) is 82.6 Å². The fourth-order valence-corrected chi connectivity index (χ4v) is 5.29. The van der Waals surface area contributed by atoms with Gasteiger partial charge >= 0.3 is 0 Å². The molecule has 1 fully saturated rings. The van der Waals surface area contributed by atoms with E-state index < -0.39 is 22.0 Å². The van der Waals surface area contributed by atoms with Crippen LogP contribution in [0.2, 0.25) is 0 Å². The molecule has 28 heavy (non-hydrogen) atoms. The monoisotopic (exact) mass is 392 g/mol. The Morgan fingerprint density at radius 1 is 1.18 bits per heavy atom. The van der Waals surface area contributed by atoms with E-state index in [1.54, 1.807) is 12.2 Å². The predicted molar refractivity (Wildman–Crippen MR) is 110 cm³/mol. The zero-order valence-corrected chi connectivity index (χ0v) is 16.3. The molecular weight excluding hydrogens is 372 g/mol. The summed E-state index contributed by atoms with van der Waals surface area (Å²) in [5, 5.41) is 1.87. The summed E-state index contributed by atoms with van der Waals surface area (Å²) in [5.74, 6) is -0.217. The van der Waals surface area contributed by atoms with Crippen molar-refractivity contribution in [1.82, 2.24) is 0 Å². The first-order chi connectivity index (χ1) is 13.4. The van der Waals surface area contributed by atoms with Gasteiger partial charge in [-0.1, -0.05) is 30.4 Å². The van der Waals surface area contributed by atoms with Crippen LogP contribution in [0.4, 0.5) is 0 Å². The van der Waals surface area contributed by atoms with Crippen molar-refractivity contribution in [1.29, 1.82) is 0 Å². The molecule has 4 rings (SSSR count). The number of ketones is 2. The highest BCUT2D eigenvalue weighted by Crippen LogP contribution is 2.57. The Hall–Kier alpha value is -2.79. The highest BCUT2D eigenvalue weighted by atomic mass is 32.1. The molecule has 0 radical (unpaired) electrons. The summed E-state index contributed by atoms with van der Waals surface area (Å²) in [6.07, 6.45) is 4.48. The molecule has 2 aliphatic rings. The molecule has 2 aliphatic carbocycles. The number of hydrogen-bond acceptors (Lipinski definition) is 5. The summed E-state index contributed by atoms with van der Waals surface area (Å²) in [5.41, 5.74) is -2.29. The third-order valence-corrected chi connectivity index (χ3v) is 6.87. The van der Waals surface area contributed by atoms with Crippen molar-refractivity contribution < 1.29 is 14.0 Å². The number of carbonyl (C=O) groups is 2. The summed E-state index contributed by atoms with van der Waals surface area (Å²) in [6.45, 7) is 11.7. The Morgan fingerprint density at radius 2 is 1.93 bits per heavy atom. The number of thiophene rings is 1. The number of Topliss-reactive ketones (excluding diaryl/α,β-unsaturated/α-hetero) is 2. The fourth-order valence-electron chi connectivity index (χ4n) is 4.61. The molecule has 0 amide bonds. The van der Waals surface area contributed by atoms with Gasteiger partial charge in [0.15, 0.2) is 17.0 Å². The first-order valence-corrected chi connectivity index (χ1v) is 10.0. The minimum atomic E-state index is -1.28. The second kappa shape index (κ2) is 6.38. The summed E-state index contributed by atoms with van der Waals surface area (Å²) >= 11 is 1.42. The van der Waals surface area contributed by atoms with Crippen LogP contribution in [0.3, 0.4) is 0 Å². The molecule has 2 heterocycles. The molecule has 0 aromatic carbocycles. The number of rotatable bonds is 5. The quantitative estimate of drug-likeness (QED) is 0.538. The van der Waals surface area contributed by atoms with Gasteiger partial charge in [0.1, 0.15) is 22.5 Å². The smallest absolute Gasteiger partial charge is 0.196 e. The topological polar surface area (TPSA) is 64.3 Å².